The molecule has 0 spiro atoms. The number of benzene rings is 2. The summed E-state index contributed by atoms with van der Waals surface area (Å²) < 4.78 is 3.14. The molecule has 1 heterocycles. The standard InChI is InChI=1S/C18H18BrN3O/c19-15-8-6-14(7-9-15)12-18(23)20-10-3-11-22-13-21-16-4-1-2-5-17(16)22/h1-2,4-9,13H,3,10-12H2,(H,20,23). The molecule has 0 saturated heterocycles. The van der Waals surface area contributed by atoms with Crippen LogP contribution in [-0.2, 0) is 17.8 Å². The van der Waals surface area contributed by atoms with Crippen LogP contribution in [0.1, 0.15) is 12.0 Å². The van der Waals surface area contributed by atoms with Crippen molar-refractivity contribution in [3.05, 3.63) is 64.9 Å². The molecule has 1 aromatic heterocycles. The first-order valence-corrected chi connectivity index (χ1v) is 8.43. The summed E-state index contributed by atoms with van der Waals surface area (Å²) in [5.41, 5.74) is 3.16. The van der Waals surface area contributed by atoms with E-state index in [1.165, 1.54) is 0 Å². The van der Waals surface area contributed by atoms with Crippen molar-refractivity contribution in [2.75, 3.05) is 6.54 Å². The van der Waals surface area contributed by atoms with Gasteiger partial charge in [-0.05, 0) is 36.2 Å². The summed E-state index contributed by atoms with van der Waals surface area (Å²) in [4.78, 5) is 16.3. The monoisotopic (exact) mass is 371 g/mol. The average Bonchev–Trinajstić information content (AvgIpc) is 2.97. The highest BCUT2D eigenvalue weighted by atomic mass is 79.9. The summed E-state index contributed by atoms with van der Waals surface area (Å²) in [6.07, 6.45) is 3.15. The van der Waals surface area contributed by atoms with Crippen LogP contribution in [0.5, 0.6) is 0 Å². The second kappa shape index (κ2) is 7.42. The van der Waals surface area contributed by atoms with Gasteiger partial charge >= 0.3 is 0 Å². The highest BCUT2D eigenvalue weighted by Crippen LogP contribution is 2.12. The van der Waals surface area contributed by atoms with Gasteiger partial charge in [0.15, 0.2) is 0 Å². The maximum Gasteiger partial charge on any atom is 0.224 e. The Morgan fingerprint density at radius 3 is 2.74 bits per heavy atom. The van der Waals surface area contributed by atoms with Gasteiger partial charge in [-0.1, -0.05) is 40.2 Å². The molecular weight excluding hydrogens is 354 g/mol. The van der Waals surface area contributed by atoms with Crippen LogP contribution in [0.3, 0.4) is 0 Å². The Kier molecular flexibility index (Phi) is 5.08. The maximum absolute atomic E-state index is 11.9. The average molecular weight is 372 g/mol. The zero-order valence-electron chi connectivity index (χ0n) is 12.7. The van der Waals surface area contributed by atoms with E-state index < -0.39 is 0 Å². The van der Waals surface area contributed by atoms with E-state index in [0.717, 1.165) is 34.0 Å². The van der Waals surface area contributed by atoms with Gasteiger partial charge in [0, 0.05) is 17.6 Å². The number of hydrogen-bond acceptors (Lipinski definition) is 2. The molecule has 1 amide bonds. The third-order valence-corrected chi connectivity index (χ3v) is 4.23. The normalized spacial score (nSPS) is 10.8. The molecule has 2 aromatic carbocycles. The van der Waals surface area contributed by atoms with Gasteiger partial charge < -0.3 is 9.88 Å². The number of nitrogens with one attached hydrogen (secondary N) is 1. The lowest BCUT2D eigenvalue weighted by Gasteiger charge is -2.07. The number of hydrogen-bond donors (Lipinski definition) is 1. The van der Waals surface area contributed by atoms with Gasteiger partial charge in [-0.15, -0.1) is 0 Å². The first kappa shape index (κ1) is 15.7. The Balaban J connectivity index is 1.44. The summed E-state index contributed by atoms with van der Waals surface area (Å²) in [7, 11) is 0. The molecule has 0 atom stereocenters. The van der Waals surface area contributed by atoms with Crippen molar-refractivity contribution < 1.29 is 4.79 Å². The highest BCUT2D eigenvalue weighted by molar-refractivity contribution is 9.10. The van der Waals surface area contributed by atoms with Gasteiger partial charge in [0.2, 0.25) is 5.91 Å². The first-order valence-electron chi connectivity index (χ1n) is 7.63. The predicted molar refractivity (Wildman–Crippen MR) is 95.2 cm³/mol. The fourth-order valence-corrected chi connectivity index (χ4v) is 2.78. The van der Waals surface area contributed by atoms with Crippen LogP contribution < -0.4 is 5.32 Å². The van der Waals surface area contributed by atoms with E-state index in [4.69, 9.17) is 0 Å². The molecule has 0 aliphatic carbocycles. The molecule has 0 unspecified atom stereocenters. The number of nitrogens with zero attached hydrogens (tertiary/aromatic N) is 2. The van der Waals surface area contributed by atoms with E-state index in [1.54, 1.807) is 0 Å². The van der Waals surface area contributed by atoms with Crippen molar-refractivity contribution in [1.82, 2.24) is 14.9 Å². The Hall–Kier alpha value is -2.14. The molecule has 118 valence electrons. The van der Waals surface area contributed by atoms with E-state index in [1.807, 2.05) is 48.8 Å². The summed E-state index contributed by atoms with van der Waals surface area (Å²) >= 11 is 3.39. The predicted octanol–water partition coefficient (Wildman–Crippen LogP) is 3.55. The zero-order chi connectivity index (χ0) is 16.1. The van der Waals surface area contributed by atoms with Crippen LogP contribution in [0.4, 0.5) is 0 Å². The number of aryl methyl sites for hydroxylation is 1. The van der Waals surface area contributed by atoms with Crippen molar-refractivity contribution >= 4 is 32.9 Å². The van der Waals surface area contributed by atoms with Gasteiger partial charge in [0.25, 0.3) is 0 Å². The molecule has 4 nitrogen and oxygen atoms in total. The summed E-state index contributed by atoms with van der Waals surface area (Å²) in [5.74, 6) is 0.0582. The number of carbonyl (C=O) groups is 1. The first-order chi connectivity index (χ1) is 11.2. The SMILES string of the molecule is O=C(Cc1ccc(Br)cc1)NCCCn1cnc2ccccc21. The van der Waals surface area contributed by atoms with Crippen LogP contribution in [0.15, 0.2) is 59.3 Å². The van der Waals surface area contributed by atoms with Gasteiger partial charge in [-0.2, -0.15) is 0 Å². The van der Waals surface area contributed by atoms with Crippen LogP contribution in [-0.4, -0.2) is 22.0 Å². The quantitative estimate of drug-likeness (QED) is 0.673. The topological polar surface area (TPSA) is 46.9 Å². The van der Waals surface area contributed by atoms with Gasteiger partial charge in [0.05, 0.1) is 23.8 Å². The largest absolute Gasteiger partial charge is 0.356 e. The molecular formula is C18H18BrN3O. The van der Waals surface area contributed by atoms with E-state index in [9.17, 15) is 4.79 Å². The lowest BCUT2D eigenvalue weighted by atomic mass is 10.1. The van der Waals surface area contributed by atoms with Crippen molar-refractivity contribution in [1.29, 1.82) is 0 Å². The summed E-state index contributed by atoms with van der Waals surface area (Å²) in [5, 5.41) is 2.97. The molecule has 3 rings (SSSR count). The lowest BCUT2D eigenvalue weighted by molar-refractivity contribution is -0.120. The van der Waals surface area contributed by atoms with Gasteiger partial charge in [0.1, 0.15) is 0 Å². The molecule has 23 heavy (non-hydrogen) atoms. The molecule has 0 aliphatic heterocycles. The maximum atomic E-state index is 11.9. The molecule has 3 aromatic rings. The fourth-order valence-electron chi connectivity index (χ4n) is 2.52. The minimum Gasteiger partial charge on any atom is -0.356 e. The molecule has 0 radical (unpaired) electrons. The van der Waals surface area contributed by atoms with E-state index in [0.29, 0.717) is 13.0 Å². The Bertz CT molecular complexity index is 795. The second-order valence-corrected chi connectivity index (χ2v) is 6.35. The number of carbonyl (C=O) groups excluding carboxylic acids is 1. The Labute approximate surface area is 143 Å². The van der Waals surface area contributed by atoms with Crippen LogP contribution in [0, 0.1) is 0 Å². The number of imidazole rings is 1. The Morgan fingerprint density at radius 1 is 1.13 bits per heavy atom. The fraction of sp³-hybridized carbons (Fsp3) is 0.222. The molecule has 5 heteroatoms. The third kappa shape index (κ3) is 4.20. The highest BCUT2D eigenvalue weighted by Gasteiger charge is 2.04. The van der Waals surface area contributed by atoms with Crippen LogP contribution >= 0.6 is 15.9 Å². The van der Waals surface area contributed by atoms with Crippen molar-refractivity contribution in [2.45, 2.75) is 19.4 Å². The minimum absolute atomic E-state index is 0.0582. The second-order valence-electron chi connectivity index (χ2n) is 5.43. The smallest absolute Gasteiger partial charge is 0.224 e. The number of halogens is 1. The van der Waals surface area contributed by atoms with Crippen molar-refractivity contribution in [2.24, 2.45) is 0 Å². The van der Waals surface area contributed by atoms with Crippen LogP contribution in [0.2, 0.25) is 0 Å². The van der Waals surface area contributed by atoms with Gasteiger partial charge in [-0.25, -0.2) is 4.98 Å². The summed E-state index contributed by atoms with van der Waals surface area (Å²) in [6.45, 7) is 1.51. The van der Waals surface area contributed by atoms with Crippen molar-refractivity contribution in [3.63, 3.8) is 0 Å². The Morgan fingerprint density at radius 2 is 1.91 bits per heavy atom. The molecule has 1 N–H and O–H groups in total. The minimum atomic E-state index is 0.0582. The number of aromatic nitrogens is 2. The van der Waals surface area contributed by atoms with Crippen molar-refractivity contribution in [3.8, 4) is 0 Å². The van der Waals surface area contributed by atoms with Crippen LogP contribution in [0.25, 0.3) is 11.0 Å². The summed E-state index contributed by atoms with van der Waals surface area (Å²) in [6, 6.07) is 15.9. The molecule has 0 fully saturated rings. The number of fused-ring (bicyclic) bond motifs is 1. The number of rotatable bonds is 6. The van der Waals surface area contributed by atoms with E-state index >= 15 is 0 Å². The van der Waals surface area contributed by atoms with E-state index in [-0.39, 0.29) is 5.91 Å². The number of para-hydroxylation sites is 2. The van der Waals surface area contributed by atoms with E-state index in [2.05, 4.69) is 36.9 Å². The molecule has 0 bridgehead atoms. The zero-order valence-corrected chi connectivity index (χ0v) is 14.3. The molecule has 0 saturated carbocycles. The third-order valence-electron chi connectivity index (χ3n) is 3.70. The lowest BCUT2D eigenvalue weighted by Crippen LogP contribution is -2.26. The van der Waals surface area contributed by atoms with Gasteiger partial charge in [-0.3, -0.25) is 4.79 Å². The molecule has 0 aliphatic rings. The number of amides is 1.